The highest BCUT2D eigenvalue weighted by Gasteiger charge is 2.28. The number of benzene rings is 2. The normalized spacial score (nSPS) is 16.3. The average Bonchev–Trinajstić information content (AvgIpc) is 3.39. The molecule has 0 aliphatic carbocycles. The van der Waals surface area contributed by atoms with Crippen molar-refractivity contribution in [3.05, 3.63) is 54.2 Å². The third-order valence-electron chi connectivity index (χ3n) is 5.06. The second-order valence-corrected chi connectivity index (χ2v) is 10.3. The molecule has 0 radical (unpaired) electrons. The Kier molecular flexibility index (Phi) is 5.67. The van der Waals surface area contributed by atoms with Gasteiger partial charge in [0.05, 0.1) is 30.6 Å². The van der Waals surface area contributed by atoms with Gasteiger partial charge in [0.1, 0.15) is 15.7 Å². The molecule has 1 aromatic heterocycles. The lowest BCUT2D eigenvalue weighted by Gasteiger charge is -2.21. The molecule has 10 heteroatoms. The minimum Gasteiger partial charge on any atom is -0.495 e. The van der Waals surface area contributed by atoms with E-state index in [4.69, 9.17) is 10.5 Å². The van der Waals surface area contributed by atoms with E-state index in [-0.39, 0.29) is 28.2 Å². The third kappa shape index (κ3) is 4.00. The molecular weight excluding hydrogens is 436 g/mol. The van der Waals surface area contributed by atoms with Crippen LogP contribution in [0.3, 0.4) is 0 Å². The summed E-state index contributed by atoms with van der Waals surface area (Å²) in [5, 5.41) is 1.66. The van der Waals surface area contributed by atoms with Crippen molar-refractivity contribution in [3.8, 4) is 5.75 Å². The standard InChI is InChI=1S/C21H22N4O4S2/c1-25(31(27,28)18-9-4-3-8-17(18)29-2)16-7-5-6-13-10-15(24-20(13)16)21-23-12-14(30-21)11-19(22)26/h3-10,14,24H,11-12H2,1-2H3,(H2,22,26). The maximum absolute atomic E-state index is 13.3. The zero-order valence-corrected chi connectivity index (χ0v) is 18.7. The number of aromatic amines is 1. The summed E-state index contributed by atoms with van der Waals surface area (Å²) in [4.78, 5) is 19.1. The zero-order chi connectivity index (χ0) is 22.2. The first kappa shape index (κ1) is 21.3. The van der Waals surface area contributed by atoms with E-state index in [1.54, 1.807) is 24.3 Å². The summed E-state index contributed by atoms with van der Waals surface area (Å²) in [6, 6.07) is 13.9. The van der Waals surface area contributed by atoms with Crippen LogP contribution in [-0.4, -0.2) is 50.3 Å². The SMILES string of the molecule is COc1ccccc1S(=O)(=O)N(C)c1cccc2cc(C3=NCC(CC(N)=O)S3)[nH]c12. The molecule has 3 aromatic rings. The predicted molar refractivity (Wildman–Crippen MR) is 123 cm³/mol. The number of nitrogens with two attached hydrogens (primary N) is 1. The van der Waals surface area contributed by atoms with Crippen LogP contribution in [0.15, 0.2) is 58.4 Å². The van der Waals surface area contributed by atoms with Crippen LogP contribution in [0.25, 0.3) is 10.9 Å². The summed E-state index contributed by atoms with van der Waals surface area (Å²) < 4.78 is 33.1. The van der Waals surface area contributed by atoms with E-state index in [9.17, 15) is 13.2 Å². The average molecular weight is 459 g/mol. The van der Waals surface area contributed by atoms with Crippen LogP contribution in [-0.2, 0) is 14.8 Å². The number of hydrogen-bond acceptors (Lipinski definition) is 6. The predicted octanol–water partition coefficient (Wildman–Crippen LogP) is 2.74. The first-order valence-corrected chi connectivity index (χ1v) is 11.9. The van der Waals surface area contributed by atoms with E-state index in [0.717, 1.165) is 16.1 Å². The number of fused-ring (bicyclic) bond motifs is 1. The lowest BCUT2D eigenvalue weighted by atomic mass is 10.2. The number of primary amides is 1. The minimum absolute atomic E-state index is 0.0204. The number of thioether (sulfide) groups is 1. The molecule has 1 aliphatic heterocycles. The Hall–Kier alpha value is -2.98. The fourth-order valence-corrected chi connectivity index (χ4v) is 5.98. The van der Waals surface area contributed by atoms with Gasteiger partial charge in [-0.05, 0) is 24.3 Å². The lowest BCUT2D eigenvalue weighted by molar-refractivity contribution is -0.117. The van der Waals surface area contributed by atoms with Crippen LogP contribution in [0.2, 0.25) is 0 Å². The maximum atomic E-state index is 13.3. The number of H-pyrrole nitrogens is 1. The number of anilines is 1. The van der Waals surface area contributed by atoms with E-state index in [2.05, 4.69) is 9.98 Å². The van der Waals surface area contributed by atoms with Crippen molar-refractivity contribution in [2.24, 2.45) is 10.7 Å². The molecule has 3 N–H and O–H groups in total. The number of sulfonamides is 1. The van der Waals surface area contributed by atoms with Gasteiger partial charge in [0.2, 0.25) is 5.91 Å². The quantitative estimate of drug-likeness (QED) is 0.564. The minimum atomic E-state index is -3.86. The molecule has 0 saturated heterocycles. The molecule has 2 heterocycles. The van der Waals surface area contributed by atoms with Crippen molar-refractivity contribution in [3.63, 3.8) is 0 Å². The number of hydrogen-bond donors (Lipinski definition) is 2. The summed E-state index contributed by atoms with van der Waals surface area (Å²) in [6.45, 7) is 0.521. The van der Waals surface area contributed by atoms with Gasteiger partial charge in [-0.25, -0.2) is 8.42 Å². The van der Waals surface area contributed by atoms with Gasteiger partial charge in [0.15, 0.2) is 0 Å². The van der Waals surface area contributed by atoms with E-state index < -0.39 is 10.0 Å². The molecule has 1 unspecified atom stereocenters. The van der Waals surface area contributed by atoms with Crippen molar-refractivity contribution < 1.29 is 17.9 Å². The highest BCUT2D eigenvalue weighted by molar-refractivity contribution is 8.15. The van der Waals surface area contributed by atoms with Crippen molar-refractivity contribution in [1.29, 1.82) is 0 Å². The molecule has 4 rings (SSSR count). The Labute approximate surface area is 184 Å². The van der Waals surface area contributed by atoms with Crippen LogP contribution >= 0.6 is 11.8 Å². The highest BCUT2D eigenvalue weighted by Crippen LogP contribution is 2.35. The van der Waals surface area contributed by atoms with E-state index >= 15 is 0 Å². The van der Waals surface area contributed by atoms with Crippen LogP contribution in [0.4, 0.5) is 5.69 Å². The van der Waals surface area contributed by atoms with Crippen LogP contribution in [0, 0.1) is 0 Å². The lowest BCUT2D eigenvalue weighted by Crippen LogP contribution is -2.27. The molecule has 0 saturated carbocycles. The topological polar surface area (TPSA) is 118 Å². The van der Waals surface area contributed by atoms with Gasteiger partial charge in [-0.1, -0.05) is 36.0 Å². The van der Waals surface area contributed by atoms with Crippen molar-refractivity contribution in [1.82, 2.24) is 4.98 Å². The Bertz CT molecular complexity index is 1280. The first-order valence-electron chi connectivity index (χ1n) is 9.54. The van der Waals surface area contributed by atoms with Crippen LogP contribution in [0.5, 0.6) is 5.75 Å². The molecule has 0 bridgehead atoms. The smallest absolute Gasteiger partial charge is 0.267 e. The number of methoxy groups -OCH3 is 1. The summed E-state index contributed by atoms with van der Waals surface area (Å²) in [5.74, 6) is -0.0676. The molecule has 1 atom stereocenters. The number of aliphatic imine (C=N–C) groups is 1. The molecule has 31 heavy (non-hydrogen) atoms. The van der Waals surface area contributed by atoms with E-state index in [0.29, 0.717) is 17.7 Å². The van der Waals surface area contributed by atoms with Gasteiger partial charge in [-0.3, -0.25) is 14.1 Å². The van der Waals surface area contributed by atoms with Crippen molar-refractivity contribution in [2.75, 3.05) is 25.0 Å². The molecule has 2 aromatic carbocycles. The number of aromatic nitrogens is 1. The van der Waals surface area contributed by atoms with Crippen LogP contribution in [0.1, 0.15) is 12.1 Å². The van der Waals surface area contributed by atoms with Crippen molar-refractivity contribution in [2.45, 2.75) is 16.6 Å². The molecule has 1 aliphatic rings. The Morgan fingerprint density at radius 1 is 1.29 bits per heavy atom. The maximum Gasteiger partial charge on any atom is 0.267 e. The number of para-hydroxylation sites is 2. The second-order valence-electron chi connectivity index (χ2n) is 7.10. The largest absolute Gasteiger partial charge is 0.495 e. The van der Waals surface area contributed by atoms with E-state index in [1.165, 1.54) is 36.3 Å². The molecule has 162 valence electrons. The summed E-state index contributed by atoms with van der Waals surface area (Å²) >= 11 is 1.50. The van der Waals surface area contributed by atoms with Gasteiger partial charge in [0.25, 0.3) is 10.0 Å². The summed E-state index contributed by atoms with van der Waals surface area (Å²) in [6.07, 6.45) is 0.267. The molecule has 1 amide bonds. The zero-order valence-electron chi connectivity index (χ0n) is 17.0. The van der Waals surface area contributed by atoms with E-state index in [1.807, 2.05) is 18.2 Å². The van der Waals surface area contributed by atoms with Crippen LogP contribution < -0.4 is 14.8 Å². The fourth-order valence-electron chi connectivity index (χ4n) is 3.52. The number of carbonyl (C=O) groups excluding carboxylic acids is 1. The Balaban J connectivity index is 1.70. The van der Waals surface area contributed by atoms with Gasteiger partial charge in [-0.15, -0.1) is 0 Å². The number of nitrogens with one attached hydrogen (secondary N) is 1. The highest BCUT2D eigenvalue weighted by atomic mass is 32.2. The number of rotatable bonds is 7. The molecular formula is C21H22N4O4S2. The summed E-state index contributed by atoms with van der Waals surface area (Å²) in [7, 11) is -0.899. The van der Waals surface area contributed by atoms with Gasteiger partial charge in [0, 0.05) is 24.1 Å². The number of amides is 1. The number of ether oxygens (including phenoxy) is 1. The van der Waals surface area contributed by atoms with Gasteiger partial charge in [-0.2, -0.15) is 0 Å². The monoisotopic (exact) mass is 458 g/mol. The third-order valence-corrected chi connectivity index (χ3v) is 8.09. The fraction of sp³-hybridized carbons (Fsp3) is 0.238. The second kappa shape index (κ2) is 8.27. The number of nitrogens with zero attached hydrogens (tertiary/aromatic N) is 2. The van der Waals surface area contributed by atoms with Gasteiger partial charge >= 0.3 is 0 Å². The summed E-state index contributed by atoms with van der Waals surface area (Å²) in [5.41, 5.74) is 7.27. The molecule has 8 nitrogen and oxygen atoms in total. The Morgan fingerprint density at radius 3 is 2.81 bits per heavy atom. The number of carbonyl (C=O) groups is 1. The first-order chi connectivity index (χ1) is 14.8. The van der Waals surface area contributed by atoms with Gasteiger partial charge < -0.3 is 15.5 Å². The molecule has 0 spiro atoms. The Morgan fingerprint density at radius 2 is 2.06 bits per heavy atom. The molecule has 0 fully saturated rings. The van der Waals surface area contributed by atoms with Crippen molar-refractivity contribution >= 4 is 49.3 Å².